The fourth-order valence-electron chi connectivity index (χ4n) is 4.36. The summed E-state index contributed by atoms with van der Waals surface area (Å²) in [7, 11) is 0. The third kappa shape index (κ3) is 1.52. The number of aromatic nitrogens is 1. The number of aryl methyl sites for hydroxylation is 2. The van der Waals surface area contributed by atoms with Gasteiger partial charge in [-0.25, -0.2) is 4.98 Å². The summed E-state index contributed by atoms with van der Waals surface area (Å²) in [5, 5.41) is 7.73. The fraction of sp³-hybridized carbons (Fsp3) is 0.0870. The van der Waals surface area contributed by atoms with E-state index in [0.29, 0.717) is 0 Å². The highest BCUT2D eigenvalue weighted by Crippen LogP contribution is 2.37. The van der Waals surface area contributed by atoms with E-state index in [9.17, 15) is 0 Å². The van der Waals surface area contributed by atoms with Crippen LogP contribution in [0.5, 0.6) is 0 Å². The number of pyridine rings is 1. The number of fused-ring (bicyclic) bond motifs is 5. The van der Waals surface area contributed by atoms with E-state index in [1.165, 1.54) is 43.4 Å². The second-order valence-corrected chi connectivity index (χ2v) is 6.79. The standard InChI is InChI=1S/C23H15N/c1-2-6-19-14(4-1)8-11-17-13-18-12-16-10-9-15-5-3-7-20(21(15)16)23(18)24-22(17)19/h1-8,11-13H,9-10H2. The van der Waals surface area contributed by atoms with Gasteiger partial charge in [0.2, 0.25) is 0 Å². The molecule has 1 aliphatic rings. The zero-order chi connectivity index (χ0) is 15.7. The molecule has 0 unspecified atom stereocenters. The molecule has 1 heterocycles. The van der Waals surface area contributed by atoms with Gasteiger partial charge in [-0.05, 0) is 46.9 Å². The zero-order valence-electron chi connectivity index (χ0n) is 13.2. The summed E-state index contributed by atoms with van der Waals surface area (Å²) in [6.45, 7) is 0. The van der Waals surface area contributed by atoms with Gasteiger partial charge < -0.3 is 0 Å². The van der Waals surface area contributed by atoms with Gasteiger partial charge in [-0.3, -0.25) is 0 Å². The Hall–Kier alpha value is -2.93. The summed E-state index contributed by atoms with van der Waals surface area (Å²) in [5.74, 6) is 0. The van der Waals surface area contributed by atoms with Crippen molar-refractivity contribution in [3.63, 3.8) is 0 Å². The van der Waals surface area contributed by atoms with Crippen molar-refractivity contribution >= 4 is 43.4 Å². The van der Waals surface area contributed by atoms with Crippen molar-refractivity contribution in [2.45, 2.75) is 12.8 Å². The Morgan fingerprint density at radius 3 is 2.38 bits per heavy atom. The average molecular weight is 305 g/mol. The lowest BCUT2D eigenvalue weighted by molar-refractivity contribution is 1.03. The Balaban J connectivity index is 1.88. The highest BCUT2D eigenvalue weighted by atomic mass is 14.7. The molecule has 0 bridgehead atoms. The molecular weight excluding hydrogens is 290 g/mol. The van der Waals surface area contributed by atoms with Crippen LogP contribution >= 0.6 is 0 Å². The van der Waals surface area contributed by atoms with Crippen molar-refractivity contribution < 1.29 is 0 Å². The molecule has 24 heavy (non-hydrogen) atoms. The SMILES string of the molecule is c1ccc2c(c1)ccc1cc3cc4c5c(cccc5c3nc12)CC4. The quantitative estimate of drug-likeness (QED) is 0.260. The fourth-order valence-corrected chi connectivity index (χ4v) is 4.36. The van der Waals surface area contributed by atoms with Crippen molar-refractivity contribution in [1.82, 2.24) is 4.98 Å². The summed E-state index contributed by atoms with van der Waals surface area (Å²) in [4.78, 5) is 5.14. The molecule has 1 heteroatoms. The predicted molar refractivity (Wildman–Crippen MR) is 102 cm³/mol. The van der Waals surface area contributed by atoms with Crippen molar-refractivity contribution in [2.24, 2.45) is 0 Å². The molecule has 0 N–H and O–H groups in total. The van der Waals surface area contributed by atoms with E-state index in [-0.39, 0.29) is 0 Å². The molecule has 1 aromatic heterocycles. The van der Waals surface area contributed by atoms with E-state index in [0.717, 1.165) is 23.9 Å². The largest absolute Gasteiger partial charge is 0.246 e. The van der Waals surface area contributed by atoms with E-state index >= 15 is 0 Å². The normalized spacial score (nSPS) is 13.5. The molecule has 0 atom stereocenters. The summed E-state index contributed by atoms with van der Waals surface area (Å²) in [6, 6.07) is 24.3. The second-order valence-electron chi connectivity index (χ2n) is 6.79. The maximum atomic E-state index is 5.14. The summed E-state index contributed by atoms with van der Waals surface area (Å²) in [6.07, 6.45) is 2.31. The molecule has 4 aromatic carbocycles. The summed E-state index contributed by atoms with van der Waals surface area (Å²) < 4.78 is 0. The third-order valence-electron chi connectivity index (χ3n) is 5.46. The van der Waals surface area contributed by atoms with Crippen LogP contribution in [0.15, 0.2) is 66.7 Å². The first-order chi connectivity index (χ1) is 11.9. The van der Waals surface area contributed by atoms with E-state index in [2.05, 4.69) is 66.7 Å². The number of hydrogen-bond donors (Lipinski definition) is 0. The number of rotatable bonds is 0. The summed E-state index contributed by atoms with van der Waals surface area (Å²) in [5.41, 5.74) is 5.21. The molecule has 1 nitrogen and oxygen atoms in total. The third-order valence-corrected chi connectivity index (χ3v) is 5.46. The maximum absolute atomic E-state index is 5.14. The van der Waals surface area contributed by atoms with Crippen molar-refractivity contribution in [3.8, 4) is 0 Å². The van der Waals surface area contributed by atoms with Crippen LogP contribution in [0.4, 0.5) is 0 Å². The lowest BCUT2D eigenvalue weighted by Gasteiger charge is -2.09. The molecule has 0 amide bonds. The van der Waals surface area contributed by atoms with Gasteiger partial charge in [-0.2, -0.15) is 0 Å². The Bertz CT molecular complexity index is 1300. The van der Waals surface area contributed by atoms with Gasteiger partial charge in [0.15, 0.2) is 0 Å². The van der Waals surface area contributed by atoms with Gasteiger partial charge in [-0.1, -0.05) is 54.6 Å². The smallest absolute Gasteiger partial charge is 0.0788 e. The molecule has 0 aliphatic heterocycles. The summed E-state index contributed by atoms with van der Waals surface area (Å²) >= 11 is 0. The predicted octanol–water partition coefficient (Wildman–Crippen LogP) is 5.79. The van der Waals surface area contributed by atoms with Crippen LogP contribution in [0.1, 0.15) is 11.1 Å². The molecule has 0 fully saturated rings. The first-order valence-corrected chi connectivity index (χ1v) is 8.54. The molecule has 0 saturated carbocycles. The van der Waals surface area contributed by atoms with Crippen molar-refractivity contribution in [1.29, 1.82) is 0 Å². The highest BCUT2D eigenvalue weighted by Gasteiger charge is 2.17. The van der Waals surface area contributed by atoms with Crippen molar-refractivity contribution in [3.05, 3.63) is 77.9 Å². The Kier molecular flexibility index (Phi) is 2.25. The molecule has 0 radical (unpaired) electrons. The van der Waals surface area contributed by atoms with Gasteiger partial charge in [-0.15, -0.1) is 0 Å². The van der Waals surface area contributed by atoms with E-state index in [1.807, 2.05) is 0 Å². The number of benzene rings is 4. The first-order valence-electron chi connectivity index (χ1n) is 8.54. The molecular formula is C23H15N. The lowest BCUT2D eigenvalue weighted by atomic mass is 9.99. The van der Waals surface area contributed by atoms with Crippen LogP contribution in [0.2, 0.25) is 0 Å². The van der Waals surface area contributed by atoms with E-state index < -0.39 is 0 Å². The molecule has 0 spiro atoms. The molecule has 5 aromatic rings. The van der Waals surface area contributed by atoms with Crippen LogP contribution < -0.4 is 0 Å². The molecule has 112 valence electrons. The minimum Gasteiger partial charge on any atom is -0.246 e. The highest BCUT2D eigenvalue weighted by molar-refractivity contribution is 6.14. The Morgan fingerprint density at radius 2 is 1.38 bits per heavy atom. The monoisotopic (exact) mass is 305 g/mol. The number of hydrogen-bond acceptors (Lipinski definition) is 1. The topological polar surface area (TPSA) is 12.9 Å². The van der Waals surface area contributed by atoms with Crippen LogP contribution in [0, 0.1) is 0 Å². The van der Waals surface area contributed by atoms with Crippen LogP contribution in [0.25, 0.3) is 43.4 Å². The van der Waals surface area contributed by atoms with Gasteiger partial charge in [0.25, 0.3) is 0 Å². The molecule has 0 saturated heterocycles. The minimum atomic E-state index is 1.11. The van der Waals surface area contributed by atoms with Crippen LogP contribution in [0.3, 0.4) is 0 Å². The van der Waals surface area contributed by atoms with Gasteiger partial charge in [0.1, 0.15) is 0 Å². The second kappa shape index (κ2) is 4.33. The first kappa shape index (κ1) is 12.5. The lowest BCUT2D eigenvalue weighted by Crippen LogP contribution is -1.88. The van der Waals surface area contributed by atoms with Crippen LogP contribution in [-0.4, -0.2) is 4.98 Å². The van der Waals surface area contributed by atoms with Crippen LogP contribution in [-0.2, 0) is 12.8 Å². The maximum Gasteiger partial charge on any atom is 0.0788 e. The van der Waals surface area contributed by atoms with Gasteiger partial charge in [0, 0.05) is 21.5 Å². The Morgan fingerprint density at radius 1 is 0.583 bits per heavy atom. The Labute approximate surface area is 139 Å². The van der Waals surface area contributed by atoms with Gasteiger partial charge in [0.05, 0.1) is 11.0 Å². The average Bonchev–Trinajstić information content (AvgIpc) is 3.05. The zero-order valence-corrected chi connectivity index (χ0v) is 13.2. The van der Waals surface area contributed by atoms with E-state index in [4.69, 9.17) is 4.98 Å². The molecule has 6 rings (SSSR count). The van der Waals surface area contributed by atoms with E-state index in [1.54, 1.807) is 0 Å². The molecule has 1 aliphatic carbocycles. The van der Waals surface area contributed by atoms with Crippen molar-refractivity contribution in [2.75, 3.05) is 0 Å². The van der Waals surface area contributed by atoms with Gasteiger partial charge >= 0.3 is 0 Å². The number of nitrogens with zero attached hydrogens (tertiary/aromatic N) is 1. The minimum absolute atomic E-state index is 1.11.